The van der Waals surface area contributed by atoms with Gasteiger partial charge in [0.2, 0.25) is 0 Å². The molecule has 2 rings (SSSR count). The first-order chi connectivity index (χ1) is 9.72. The van der Waals surface area contributed by atoms with Gasteiger partial charge in [0.15, 0.2) is 5.69 Å². The number of likely N-dealkylation sites (tertiary alicyclic amines) is 1. The van der Waals surface area contributed by atoms with E-state index in [4.69, 9.17) is 4.74 Å². The standard InChI is InChI=1S/C14H23N3O2S/c1-3-19-14(18)12-13(20-10-16-12)15-9-11(2)17-7-5-4-6-8-17/h10-11,15H,3-9H2,1-2H3. The molecule has 0 saturated carbocycles. The van der Waals surface area contributed by atoms with Crippen LogP contribution in [0.15, 0.2) is 5.51 Å². The number of carbonyl (C=O) groups is 1. The summed E-state index contributed by atoms with van der Waals surface area (Å²) in [5.41, 5.74) is 2.09. The number of anilines is 1. The molecule has 1 N–H and O–H groups in total. The van der Waals surface area contributed by atoms with Gasteiger partial charge in [-0.2, -0.15) is 0 Å². The number of thiazole rings is 1. The van der Waals surface area contributed by atoms with Crippen LogP contribution in [0.3, 0.4) is 0 Å². The Labute approximate surface area is 124 Å². The average molecular weight is 297 g/mol. The number of esters is 1. The first kappa shape index (κ1) is 15.3. The maximum atomic E-state index is 11.7. The Morgan fingerprint density at radius 2 is 2.25 bits per heavy atom. The Hall–Kier alpha value is -1.14. The zero-order valence-corrected chi connectivity index (χ0v) is 13.0. The molecule has 0 aliphatic carbocycles. The SMILES string of the molecule is CCOC(=O)c1ncsc1NCC(C)N1CCCCC1. The Bertz CT molecular complexity index is 430. The lowest BCUT2D eigenvalue weighted by molar-refractivity contribution is 0.0521. The third kappa shape index (κ3) is 3.93. The Balaban J connectivity index is 1.87. The van der Waals surface area contributed by atoms with Crippen LogP contribution in [0.5, 0.6) is 0 Å². The van der Waals surface area contributed by atoms with Crippen molar-refractivity contribution in [3.8, 4) is 0 Å². The second kappa shape index (κ2) is 7.59. The summed E-state index contributed by atoms with van der Waals surface area (Å²) in [5, 5.41) is 4.16. The van der Waals surface area contributed by atoms with Crippen molar-refractivity contribution in [3.63, 3.8) is 0 Å². The minimum Gasteiger partial charge on any atom is -0.461 e. The summed E-state index contributed by atoms with van der Waals surface area (Å²) in [4.78, 5) is 18.3. The van der Waals surface area contributed by atoms with E-state index in [-0.39, 0.29) is 5.97 Å². The molecule has 1 aliphatic heterocycles. The van der Waals surface area contributed by atoms with E-state index < -0.39 is 0 Å². The lowest BCUT2D eigenvalue weighted by Crippen LogP contribution is -2.41. The second-order valence-corrected chi connectivity index (χ2v) is 5.93. The molecule has 5 nitrogen and oxygen atoms in total. The molecule has 1 aliphatic rings. The van der Waals surface area contributed by atoms with Gasteiger partial charge in [-0.05, 0) is 39.8 Å². The van der Waals surface area contributed by atoms with Gasteiger partial charge in [-0.15, -0.1) is 11.3 Å². The van der Waals surface area contributed by atoms with Crippen molar-refractivity contribution in [3.05, 3.63) is 11.2 Å². The summed E-state index contributed by atoms with van der Waals surface area (Å²) >= 11 is 1.45. The number of nitrogens with one attached hydrogen (secondary N) is 1. The van der Waals surface area contributed by atoms with Crippen LogP contribution in [0.2, 0.25) is 0 Å². The van der Waals surface area contributed by atoms with Crippen LogP contribution in [-0.4, -0.2) is 48.1 Å². The lowest BCUT2D eigenvalue weighted by Gasteiger charge is -2.32. The molecule has 112 valence electrons. The van der Waals surface area contributed by atoms with Gasteiger partial charge in [0, 0.05) is 12.6 Å². The van der Waals surface area contributed by atoms with E-state index in [0.29, 0.717) is 18.3 Å². The molecule has 0 aromatic carbocycles. The van der Waals surface area contributed by atoms with Crippen LogP contribution in [-0.2, 0) is 4.74 Å². The fourth-order valence-corrected chi connectivity index (χ4v) is 3.12. The molecule has 1 aromatic rings. The predicted molar refractivity (Wildman–Crippen MR) is 81.4 cm³/mol. The van der Waals surface area contributed by atoms with Crippen LogP contribution >= 0.6 is 11.3 Å². The van der Waals surface area contributed by atoms with Crippen molar-refractivity contribution >= 4 is 22.3 Å². The first-order valence-electron chi connectivity index (χ1n) is 7.31. The van der Waals surface area contributed by atoms with E-state index in [2.05, 4.69) is 22.1 Å². The molecule has 1 saturated heterocycles. The van der Waals surface area contributed by atoms with Gasteiger partial charge in [-0.3, -0.25) is 4.90 Å². The van der Waals surface area contributed by atoms with E-state index in [1.54, 1.807) is 12.4 Å². The van der Waals surface area contributed by atoms with Crippen molar-refractivity contribution in [2.75, 3.05) is 31.6 Å². The molecule has 1 fully saturated rings. The van der Waals surface area contributed by atoms with Crippen LogP contribution in [0.25, 0.3) is 0 Å². The molecule has 0 bridgehead atoms. The number of nitrogens with zero attached hydrogens (tertiary/aromatic N) is 2. The van der Waals surface area contributed by atoms with E-state index in [1.165, 1.54) is 43.7 Å². The molecule has 1 atom stereocenters. The monoisotopic (exact) mass is 297 g/mol. The highest BCUT2D eigenvalue weighted by molar-refractivity contribution is 7.14. The van der Waals surface area contributed by atoms with Gasteiger partial charge in [0.1, 0.15) is 5.00 Å². The summed E-state index contributed by atoms with van der Waals surface area (Å²) in [6.45, 7) is 7.58. The number of aromatic nitrogens is 1. The van der Waals surface area contributed by atoms with Gasteiger partial charge in [0.25, 0.3) is 0 Å². The summed E-state index contributed by atoms with van der Waals surface area (Å²) in [5.74, 6) is -0.345. The van der Waals surface area contributed by atoms with Crippen molar-refractivity contribution in [1.82, 2.24) is 9.88 Å². The smallest absolute Gasteiger partial charge is 0.360 e. The number of ether oxygens (including phenoxy) is 1. The van der Waals surface area contributed by atoms with Gasteiger partial charge in [-0.25, -0.2) is 9.78 Å². The van der Waals surface area contributed by atoms with E-state index in [9.17, 15) is 4.79 Å². The summed E-state index contributed by atoms with van der Waals surface area (Å²) in [7, 11) is 0. The first-order valence-corrected chi connectivity index (χ1v) is 8.19. The van der Waals surface area contributed by atoms with Crippen LogP contribution < -0.4 is 5.32 Å². The van der Waals surface area contributed by atoms with E-state index in [0.717, 1.165) is 11.5 Å². The van der Waals surface area contributed by atoms with Crippen LogP contribution in [0.4, 0.5) is 5.00 Å². The lowest BCUT2D eigenvalue weighted by atomic mass is 10.1. The van der Waals surface area contributed by atoms with E-state index >= 15 is 0 Å². The van der Waals surface area contributed by atoms with Gasteiger partial charge in [-0.1, -0.05) is 6.42 Å². The molecule has 0 spiro atoms. The highest BCUT2D eigenvalue weighted by Gasteiger charge is 2.19. The van der Waals surface area contributed by atoms with Crippen molar-refractivity contribution < 1.29 is 9.53 Å². The highest BCUT2D eigenvalue weighted by Crippen LogP contribution is 2.21. The van der Waals surface area contributed by atoms with E-state index in [1.807, 2.05) is 0 Å². The molecular weight excluding hydrogens is 274 g/mol. The molecule has 1 unspecified atom stereocenters. The summed E-state index contributed by atoms with van der Waals surface area (Å²) in [6.07, 6.45) is 3.93. The molecule has 20 heavy (non-hydrogen) atoms. The van der Waals surface area contributed by atoms with Crippen LogP contribution in [0, 0.1) is 0 Å². The third-order valence-electron chi connectivity index (χ3n) is 3.61. The minimum absolute atomic E-state index is 0.345. The highest BCUT2D eigenvalue weighted by atomic mass is 32.1. The summed E-state index contributed by atoms with van der Waals surface area (Å²) < 4.78 is 5.00. The number of piperidine rings is 1. The number of carbonyl (C=O) groups excluding carboxylic acids is 1. The van der Waals surface area contributed by atoms with Gasteiger partial charge >= 0.3 is 5.97 Å². The van der Waals surface area contributed by atoms with Gasteiger partial charge in [0.05, 0.1) is 12.1 Å². The Kier molecular flexibility index (Phi) is 5.79. The topological polar surface area (TPSA) is 54.5 Å². The number of rotatable bonds is 6. The fourth-order valence-electron chi connectivity index (χ4n) is 2.45. The fraction of sp³-hybridized carbons (Fsp3) is 0.714. The maximum Gasteiger partial charge on any atom is 0.360 e. The molecule has 6 heteroatoms. The molecule has 2 heterocycles. The molecule has 1 aromatic heterocycles. The molecular formula is C14H23N3O2S. The van der Waals surface area contributed by atoms with Crippen LogP contribution in [0.1, 0.15) is 43.6 Å². The second-order valence-electron chi connectivity index (χ2n) is 5.08. The Morgan fingerprint density at radius 3 is 2.95 bits per heavy atom. The average Bonchev–Trinajstić information content (AvgIpc) is 2.94. The zero-order valence-electron chi connectivity index (χ0n) is 12.2. The van der Waals surface area contributed by atoms with Gasteiger partial charge < -0.3 is 10.1 Å². The summed E-state index contributed by atoms with van der Waals surface area (Å²) in [6, 6.07) is 0.465. The largest absolute Gasteiger partial charge is 0.461 e. The Morgan fingerprint density at radius 1 is 1.50 bits per heavy atom. The predicted octanol–water partition coefficient (Wildman–Crippen LogP) is 2.61. The molecule has 0 amide bonds. The number of hydrogen-bond donors (Lipinski definition) is 1. The quantitative estimate of drug-likeness (QED) is 0.818. The minimum atomic E-state index is -0.345. The van der Waals surface area contributed by atoms with Crippen molar-refractivity contribution in [2.45, 2.75) is 39.2 Å². The third-order valence-corrected chi connectivity index (χ3v) is 4.39. The molecule has 0 radical (unpaired) electrons. The maximum absolute atomic E-state index is 11.7. The number of hydrogen-bond acceptors (Lipinski definition) is 6. The normalized spacial score (nSPS) is 17.7. The van der Waals surface area contributed by atoms with Crippen molar-refractivity contribution in [1.29, 1.82) is 0 Å². The van der Waals surface area contributed by atoms with Crippen molar-refractivity contribution in [2.24, 2.45) is 0 Å². The zero-order chi connectivity index (χ0) is 14.4.